The standard InChI is InChI=1S/C26H24N2O2/c29-26(22-12-11-19-6-1-3-8-21(19)16-22)27-17-24(25-10-5-15-30-25)28-14-13-20-7-2-4-9-23(20)18-28/h1-12,15-16,24H,13-14,17-18H2,(H,27,29)/t24-/m1/s1. The first kappa shape index (κ1) is 18.6. The number of furan rings is 1. The summed E-state index contributed by atoms with van der Waals surface area (Å²) in [5.74, 6) is 0.822. The maximum atomic E-state index is 12.9. The summed E-state index contributed by atoms with van der Waals surface area (Å²) in [5.41, 5.74) is 3.43. The van der Waals surface area contributed by atoms with Gasteiger partial charge < -0.3 is 9.73 Å². The molecule has 1 aliphatic rings. The zero-order valence-electron chi connectivity index (χ0n) is 16.8. The number of carbonyl (C=O) groups is 1. The average molecular weight is 396 g/mol. The fourth-order valence-corrected chi connectivity index (χ4v) is 4.30. The molecule has 0 spiro atoms. The molecule has 0 bridgehead atoms. The number of fused-ring (bicyclic) bond motifs is 2. The van der Waals surface area contributed by atoms with Gasteiger partial charge >= 0.3 is 0 Å². The van der Waals surface area contributed by atoms with Crippen LogP contribution < -0.4 is 5.32 Å². The lowest BCUT2D eigenvalue weighted by Gasteiger charge is -2.34. The summed E-state index contributed by atoms with van der Waals surface area (Å²) in [6.45, 7) is 2.29. The Morgan fingerprint density at radius 1 is 0.933 bits per heavy atom. The van der Waals surface area contributed by atoms with Crippen LogP contribution in [0.1, 0.15) is 33.3 Å². The third kappa shape index (κ3) is 3.74. The summed E-state index contributed by atoms with van der Waals surface area (Å²) >= 11 is 0. The molecule has 1 aliphatic heterocycles. The first-order chi connectivity index (χ1) is 14.8. The summed E-state index contributed by atoms with van der Waals surface area (Å²) in [7, 11) is 0. The second kappa shape index (κ2) is 8.17. The van der Waals surface area contributed by atoms with Gasteiger partial charge in [-0.3, -0.25) is 9.69 Å². The molecule has 1 atom stereocenters. The molecular formula is C26H24N2O2. The van der Waals surface area contributed by atoms with E-state index in [0.717, 1.165) is 36.0 Å². The molecule has 0 fully saturated rings. The Labute approximate surface area is 176 Å². The number of hydrogen-bond acceptors (Lipinski definition) is 3. The highest BCUT2D eigenvalue weighted by molar-refractivity contribution is 5.98. The van der Waals surface area contributed by atoms with Crippen molar-refractivity contribution in [3.63, 3.8) is 0 Å². The Morgan fingerprint density at radius 2 is 1.73 bits per heavy atom. The van der Waals surface area contributed by atoms with Gasteiger partial charge in [-0.25, -0.2) is 0 Å². The number of rotatable bonds is 5. The van der Waals surface area contributed by atoms with Crippen LogP contribution in [0.4, 0.5) is 0 Å². The highest BCUT2D eigenvalue weighted by Crippen LogP contribution is 2.28. The van der Waals surface area contributed by atoms with E-state index in [1.165, 1.54) is 11.1 Å². The summed E-state index contributed by atoms with van der Waals surface area (Å²) in [5, 5.41) is 5.34. The van der Waals surface area contributed by atoms with Crippen molar-refractivity contribution in [2.24, 2.45) is 0 Å². The van der Waals surface area contributed by atoms with E-state index in [1.807, 2.05) is 48.5 Å². The van der Waals surface area contributed by atoms with Crippen LogP contribution in [0.5, 0.6) is 0 Å². The van der Waals surface area contributed by atoms with Crippen molar-refractivity contribution in [2.45, 2.75) is 19.0 Å². The summed E-state index contributed by atoms with van der Waals surface area (Å²) in [4.78, 5) is 15.3. The van der Waals surface area contributed by atoms with Crippen LogP contribution in [0.25, 0.3) is 10.8 Å². The van der Waals surface area contributed by atoms with E-state index in [0.29, 0.717) is 12.1 Å². The lowest BCUT2D eigenvalue weighted by molar-refractivity contribution is 0.0919. The maximum absolute atomic E-state index is 12.9. The molecule has 0 unspecified atom stereocenters. The largest absolute Gasteiger partial charge is 0.468 e. The van der Waals surface area contributed by atoms with Crippen LogP contribution in [0.2, 0.25) is 0 Å². The lowest BCUT2D eigenvalue weighted by atomic mass is 9.98. The molecule has 4 heteroatoms. The molecule has 0 saturated carbocycles. The molecule has 2 heterocycles. The first-order valence-corrected chi connectivity index (χ1v) is 10.4. The Morgan fingerprint density at radius 3 is 2.57 bits per heavy atom. The number of benzene rings is 3. The molecule has 0 aliphatic carbocycles. The van der Waals surface area contributed by atoms with Crippen molar-refractivity contribution in [2.75, 3.05) is 13.1 Å². The first-order valence-electron chi connectivity index (χ1n) is 10.4. The molecule has 5 rings (SSSR count). The van der Waals surface area contributed by atoms with Crippen LogP contribution in [0.3, 0.4) is 0 Å². The van der Waals surface area contributed by atoms with E-state index >= 15 is 0 Å². The Hall–Kier alpha value is -3.37. The number of nitrogens with one attached hydrogen (secondary N) is 1. The Balaban J connectivity index is 1.34. The minimum atomic E-state index is -0.0604. The van der Waals surface area contributed by atoms with Crippen molar-refractivity contribution in [1.82, 2.24) is 10.2 Å². The second-order valence-corrected chi connectivity index (χ2v) is 7.79. The van der Waals surface area contributed by atoms with Gasteiger partial charge in [0.15, 0.2) is 0 Å². The quantitative estimate of drug-likeness (QED) is 0.518. The summed E-state index contributed by atoms with van der Waals surface area (Å²) in [6, 6.07) is 26.4. The van der Waals surface area contributed by atoms with E-state index in [2.05, 4.69) is 40.5 Å². The number of carbonyl (C=O) groups excluding carboxylic acids is 1. The van der Waals surface area contributed by atoms with Crippen LogP contribution >= 0.6 is 0 Å². The summed E-state index contributed by atoms with van der Waals surface area (Å²) < 4.78 is 5.74. The molecule has 3 aromatic carbocycles. The van der Waals surface area contributed by atoms with Crippen molar-refractivity contribution in [3.8, 4) is 0 Å². The van der Waals surface area contributed by atoms with E-state index in [4.69, 9.17) is 4.42 Å². The van der Waals surface area contributed by atoms with Gasteiger partial charge in [0.05, 0.1) is 12.3 Å². The third-order valence-electron chi connectivity index (χ3n) is 5.94. The minimum absolute atomic E-state index is 0.00207. The van der Waals surface area contributed by atoms with Gasteiger partial charge in [0.2, 0.25) is 0 Å². The van der Waals surface area contributed by atoms with Gasteiger partial charge in [-0.05, 0) is 52.6 Å². The number of nitrogens with zero attached hydrogens (tertiary/aromatic N) is 1. The van der Waals surface area contributed by atoms with Crippen LogP contribution in [-0.4, -0.2) is 23.9 Å². The van der Waals surface area contributed by atoms with Crippen LogP contribution in [0, 0.1) is 0 Å². The van der Waals surface area contributed by atoms with Crippen LogP contribution in [0.15, 0.2) is 89.5 Å². The number of hydrogen-bond donors (Lipinski definition) is 1. The average Bonchev–Trinajstić information content (AvgIpc) is 3.33. The van der Waals surface area contributed by atoms with Gasteiger partial charge in [-0.2, -0.15) is 0 Å². The molecule has 0 saturated heterocycles. The van der Waals surface area contributed by atoms with Crippen molar-refractivity contribution in [3.05, 3.63) is 108 Å². The van der Waals surface area contributed by atoms with Gasteiger partial charge in [-0.1, -0.05) is 54.6 Å². The SMILES string of the molecule is O=C(NC[C@H](c1ccco1)N1CCc2ccccc2C1)c1ccc2ccccc2c1. The Kier molecular flexibility index (Phi) is 5.08. The predicted molar refractivity (Wildman–Crippen MR) is 118 cm³/mol. The van der Waals surface area contributed by atoms with E-state index in [1.54, 1.807) is 6.26 Å². The zero-order valence-corrected chi connectivity index (χ0v) is 16.8. The van der Waals surface area contributed by atoms with Crippen LogP contribution in [-0.2, 0) is 13.0 Å². The molecule has 0 radical (unpaired) electrons. The van der Waals surface area contributed by atoms with E-state index in [9.17, 15) is 4.79 Å². The molecule has 1 aromatic heterocycles. The number of amides is 1. The zero-order chi connectivity index (χ0) is 20.3. The molecule has 4 aromatic rings. The smallest absolute Gasteiger partial charge is 0.251 e. The van der Waals surface area contributed by atoms with E-state index in [-0.39, 0.29) is 11.9 Å². The normalized spacial score (nSPS) is 14.9. The highest BCUT2D eigenvalue weighted by atomic mass is 16.3. The molecular weight excluding hydrogens is 372 g/mol. The topological polar surface area (TPSA) is 45.5 Å². The maximum Gasteiger partial charge on any atom is 0.251 e. The van der Waals surface area contributed by atoms with Gasteiger partial charge in [0.1, 0.15) is 5.76 Å². The van der Waals surface area contributed by atoms with E-state index < -0.39 is 0 Å². The van der Waals surface area contributed by atoms with Crippen molar-refractivity contribution in [1.29, 1.82) is 0 Å². The summed E-state index contributed by atoms with van der Waals surface area (Å²) in [6.07, 6.45) is 2.71. The molecule has 30 heavy (non-hydrogen) atoms. The third-order valence-corrected chi connectivity index (χ3v) is 5.94. The molecule has 4 nitrogen and oxygen atoms in total. The fraction of sp³-hybridized carbons (Fsp3) is 0.192. The monoisotopic (exact) mass is 396 g/mol. The molecule has 1 N–H and O–H groups in total. The molecule has 1 amide bonds. The lowest BCUT2D eigenvalue weighted by Crippen LogP contribution is -2.40. The minimum Gasteiger partial charge on any atom is -0.468 e. The van der Waals surface area contributed by atoms with Gasteiger partial charge in [0.25, 0.3) is 5.91 Å². The van der Waals surface area contributed by atoms with Crippen molar-refractivity contribution >= 4 is 16.7 Å². The second-order valence-electron chi connectivity index (χ2n) is 7.79. The predicted octanol–water partition coefficient (Wildman–Crippen LogP) is 4.96. The fourth-order valence-electron chi connectivity index (χ4n) is 4.30. The van der Waals surface area contributed by atoms with Gasteiger partial charge in [0, 0.05) is 25.2 Å². The van der Waals surface area contributed by atoms with Crippen molar-refractivity contribution < 1.29 is 9.21 Å². The van der Waals surface area contributed by atoms with Gasteiger partial charge in [-0.15, -0.1) is 0 Å². The highest BCUT2D eigenvalue weighted by Gasteiger charge is 2.27. The Bertz CT molecular complexity index is 1170. The molecule has 150 valence electrons.